The predicted molar refractivity (Wildman–Crippen MR) is 144 cm³/mol. The normalized spacial score (nSPS) is 11.0. The van der Waals surface area contributed by atoms with E-state index in [2.05, 4.69) is 31.3 Å². The number of carbonyl (C=O) groups is 1. The molecule has 0 atom stereocenters. The maximum atomic E-state index is 12.8. The lowest BCUT2D eigenvalue weighted by Gasteiger charge is -2.15. The molecule has 184 valence electrons. The largest absolute Gasteiger partial charge is 0.497 e. The lowest BCUT2D eigenvalue weighted by atomic mass is 10.2. The van der Waals surface area contributed by atoms with E-state index in [-0.39, 0.29) is 16.1 Å². The van der Waals surface area contributed by atoms with Crippen molar-refractivity contribution in [1.82, 2.24) is 5.32 Å². The van der Waals surface area contributed by atoms with Gasteiger partial charge in [0.15, 0.2) is 5.11 Å². The van der Waals surface area contributed by atoms with Gasteiger partial charge in [-0.3, -0.25) is 14.8 Å². The fourth-order valence-corrected chi connectivity index (χ4v) is 4.59. The molecule has 8 nitrogen and oxygen atoms in total. The van der Waals surface area contributed by atoms with Crippen LogP contribution in [0.3, 0.4) is 0 Å². The summed E-state index contributed by atoms with van der Waals surface area (Å²) in [5, 5.41) is 5.54. The number of benzene rings is 3. The third-order valence-electron chi connectivity index (χ3n) is 4.54. The van der Waals surface area contributed by atoms with Crippen molar-refractivity contribution in [3.63, 3.8) is 0 Å². The van der Waals surface area contributed by atoms with E-state index in [1.54, 1.807) is 54.6 Å². The predicted octanol–water partition coefficient (Wildman–Crippen LogP) is 5.17. The van der Waals surface area contributed by atoms with Crippen molar-refractivity contribution in [3.05, 3.63) is 76.8 Å². The summed E-state index contributed by atoms with van der Waals surface area (Å²) in [5.74, 6) is 0.611. The lowest BCUT2D eigenvalue weighted by Crippen LogP contribution is -2.34. The quantitative estimate of drug-likeness (QED) is 0.317. The van der Waals surface area contributed by atoms with Gasteiger partial charge in [0.05, 0.1) is 23.7 Å². The number of amides is 1. The van der Waals surface area contributed by atoms with Crippen molar-refractivity contribution >= 4 is 60.6 Å². The number of rotatable bonds is 8. The van der Waals surface area contributed by atoms with Gasteiger partial charge in [0.2, 0.25) is 0 Å². The number of methoxy groups -OCH3 is 1. The van der Waals surface area contributed by atoms with Crippen molar-refractivity contribution in [1.29, 1.82) is 0 Å². The average Bonchev–Trinajstić information content (AvgIpc) is 2.80. The minimum Gasteiger partial charge on any atom is -0.497 e. The maximum Gasteiger partial charge on any atom is 0.261 e. The highest BCUT2D eigenvalue weighted by atomic mass is 79.9. The number of carbonyl (C=O) groups excluding carboxylic acids is 1. The Bertz CT molecular complexity index is 1310. The maximum absolute atomic E-state index is 12.8. The van der Waals surface area contributed by atoms with Crippen molar-refractivity contribution < 1.29 is 22.7 Å². The summed E-state index contributed by atoms with van der Waals surface area (Å²) in [7, 11) is -2.26. The lowest BCUT2D eigenvalue weighted by molar-refractivity contribution is 0.0972. The Hall–Kier alpha value is -3.15. The van der Waals surface area contributed by atoms with E-state index in [1.165, 1.54) is 19.2 Å². The standard InChI is InChI=1S/C24H24BrN3O5S2/c1-15(2)33-22-13-4-16(25)14-21(22)23(29)27-24(34)26-17-7-11-20(12-8-17)35(30,31)28-18-5-9-19(32-3)10-6-18/h4-15,28H,1-3H3,(H2,26,27,29,34). The fraction of sp³-hybridized carbons (Fsp3) is 0.167. The van der Waals surface area contributed by atoms with Gasteiger partial charge in [0.1, 0.15) is 11.5 Å². The molecule has 0 aliphatic rings. The van der Waals surface area contributed by atoms with E-state index >= 15 is 0 Å². The van der Waals surface area contributed by atoms with E-state index in [1.807, 2.05) is 13.8 Å². The van der Waals surface area contributed by atoms with Gasteiger partial charge in [-0.1, -0.05) is 15.9 Å². The number of halogens is 1. The van der Waals surface area contributed by atoms with Gasteiger partial charge >= 0.3 is 0 Å². The molecule has 0 fully saturated rings. The molecule has 0 aliphatic carbocycles. The molecular weight excluding hydrogens is 554 g/mol. The Morgan fingerprint density at radius 3 is 2.20 bits per heavy atom. The van der Waals surface area contributed by atoms with Crippen molar-refractivity contribution in [2.45, 2.75) is 24.8 Å². The second kappa shape index (κ2) is 11.5. The first kappa shape index (κ1) is 26.5. The first-order valence-electron chi connectivity index (χ1n) is 10.4. The van der Waals surface area contributed by atoms with E-state index in [0.29, 0.717) is 28.4 Å². The second-order valence-electron chi connectivity index (χ2n) is 7.57. The van der Waals surface area contributed by atoms with Crippen molar-refractivity contribution in [2.75, 3.05) is 17.1 Å². The summed E-state index contributed by atoms with van der Waals surface area (Å²) in [6.45, 7) is 3.73. The SMILES string of the molecule is COc1ccc(NS(=O)(=O)c2ccc(NC(=S)NC(=O)c3cc(Br)ccc3OC(C)C)cc2)cc1. The molecule has 0 spiro atoms. The summed E-state index contributed by atoms with van der Waals surface area (Å²) < 4.78 is 39.3. The first-order valence-corrected chi connectivity index (χ1v) is 13.1. The number of nitrogens with one attached hydrogen (secondary N) is 3. The highest BCUT2D eigenvalue weighted by Gasteiger charge is 2.17. The van der Waals surface area contributed by atoms with Crippen LogP contribution < -0.4 is 24.8 Å². The summed E-state index contributed by atoms with van der Waals surface area (Å²) >= 11 is 8.61. The topological polar surface area (TPSA) is 106 Å². The Morgan fingerprint density at radius 2 is 1.60 bits per heavy atom. The van der Waals surface area contributed by atoms with Crippen LogP contribution in [0.25, 0.3) is 0 Å². The molecule has 0 bridgehead atoms. The van der Waals surface area contributed by atoms with Gasteiger partial charge in [-0.2, -0.15) is 0 Å². The zero-order valence-corrected chi connectivity index (χ0v) is 22.4. The highest BCUT2D eigenvalue weighted by molar-refractivity contribution is 9.10. The first-order chi connectivity index (χ1) is 16.6. The summed E-state index contributed by atoms with van der Waals surface area (Å²) in [4.78, 5) is 12.8. The molecular formula is C24H24BrN3O5S2. The highest BCUT2D eigenvalue weighted by Crippen LogP contribution is 2.25. The second-order valence-corrected chi connectivity index (χ2v) is 10.6. The molecule has 3 aromatic carbocycles. The van der Waals surface area contributed by atoms with Crippen LogP contribution in [-0.4, -0.2) is 32.7 Å². The van der Waals surface area contributed by atoms with Gasteiger partial charge in [0, 0.05) is 15.8 Å². The van der Waals surface area contributed by atoms with E-state index in [4.69, 9.17) is 21.7 Å². The third-order valence-corrected chi connectivity index (χ3v) is 6.64. The van der Waals surface area contributed by atoms with Crippen LogP contribution in [0, 0.1) is 0 Å². The molecule has 3 N–H and O–H groups in total. The Balaban J connectivity index is 1.65. The number of thiocarbonyl (C=S) groups is 1. The van der Waals surface area contributed by atoms with Crippen molar-refractivity contribution in [3.8, 4) is 11.5 Å². The molecule has 0 aromatic heterocycles. The van der Waals surface area contributed by atoms with E-state index < -0.39 is 15.9 Å². The molecule has 11 heteroatoms. The molecule has 0 radical (unpaired) electrons. The van der Waals surface area contributed by atoms with Crippen LogP contribution in [0.4, 0.5) is 11.4 Å². The van der Waals surface area contributed by atoms with Gasteiger partial charge in [-0.05, 0) is 92.8 Å². The number of sulfonamides is 1. The zero-order valence-electron chi connectivity index (χ0n) is 19.2. The number of ether oxygens (including phenoxy) is 2. The summed E-state index contributed by atoms with van der Waals surface area (Å²) in [5.41, 5.74) is 1.24. The smallest absolute Gasteiger partial charge is 0.261 e. The van der Waals surface area contributed by atoms with Gasteiger partial charge in [-0.15, -0.1) is 0 Å². The number of hydrogen-bond donors (Lipinski definition) is 3. The Morgan fingerprint density at radius 1 is 0.971 bits per heavy atom. The van der Waals surface area contributed by atoms with Crippen LogP contribution >= 0.6 is 28.1 Å². The molecule has 0 saturated carbocycles. The molecule has 3 aromatic rings. The minimum absolute atomic E-state index is 0.0532. The fourth-order valence-electron chi connectivity index (χ4n) is 2.96. The molecule has 0 unspecified atom stereocenters. The van der Waals surface area contributed by atoms with E-state index in [0.717, 1.165) is 4.47 Å². The van der Waals surface area contributed by atoms with E-state index in [9.17, 15) is 13.2 Å². The average molecular weight is 579 g/mol. The van der Waals surface area contributed by atoms with Gasteiger partial charge in [0.25, 0.3) is 15.9 Å². The molecule has 1 amide bonds. The zero-order chi connectivity index (χ0) is 25.6. The van der Waals surface area contributed by atoms with Gasteiger partial charge < -0.3 is 14.8 Å². The van der Waals surface area contributed by atoms with Crippen LogP contribution in [0.1, 0.15) is 24.2 Å². The summed E-state index contributed by atoms with van der Waals surface area (Å²) in [6, 6.07) is 17.6. The number of anilines is 2. The molecule has 35 heavy (non-hydrogen) atoms. The Kier molecular flexibility index (Phi) is 8.71. The molecule has 0 saturated heterocycles. The molecule has 0 heterocycles. The summed E-state index contributed by atoms with van der Waals surface area (Å²) in [6.07, 6.45) is -0.109. The number of hydrogen-bond acceptors (Lipinski definition) is 6. The Labute approximate surface area is 218 Å². The van der Waals surface area contributed by atoms with Crippen LogP contribution in [-0.2, 0) is 10.0 Å². The van der Waals surface area contributed by atoms with Crippen LogP contribution in [0.2, 0.25) is 0 Å². The minimum atomic E-state index is -3.79. The monoisotopic (exact) mass is 577 g/mol. The van der Waals surface area contributed by atoms with Crippen molar-refractivity contribution in [2.24, 2.45) is 0 Å². The van der Waals surface area contributed by atoms with Crippen LogP contribution in [0.5, 0.6) is 11.5 Å². The molecule has 3 rings (SSSR count). The molecule has 0 aliphatic heterocycles. The van der Waals surface area contributed by atoms with Gasteiger partial charge in [-0.25, -0.2) is 8.42 Å². The van der Waals surface area contributed by atoms with Crippen LogP contribution in [0.15, 0.2) is 76.1 Å². The third kappa shape index (κ3) is 7.41.